The number of nitrogens with two attached hydrogens (primary N) is 1. The van der Waals surface area contributed by atoms with Gasteiger partial charge in [0.2, 0.25) is 11.8 Å². The van der Waals surface area contributed by atoms with E-state index in [9.17, 15) is 27.6 Å². The van der Waals surface area contributed by atoms with Crippen LogP contribution in [0.25, 0.3) is 0 Å². The van der Waals surface area contributed by atoms with Crippen LogP contribution in [0.2, 0.25) is 10.0 Å². The van der Waals surface area contributed by atoms with Gasteiger partial charge in [0.15, 0.2) is 0 Å². The molecule has 7 nitrogen and oxygen atoms in total. The van der Waals surface area contributed by atoms with E-state index in [0.29, 0.717) is 32.5 Å². The smallest absolute Gasteiger partial charge is 0.419 e. The third kappa shape index (κ3) is 5.42. The van der Waals surface area contributed by atoms with Crippen molar-refractivity contribution in [2.45, 2.75) is 31.5 Å². The minimum absolute atomic E-state index is 0.0601. The third-order valence-electron chi connectivity index (χ3n) is 5.53. The number of esters is 1. The number of piperidine rings is 1. The van der Waals surface area contributed by atoms with Crippen LogP contribution in [-0.2, 0) is 14.4 Å². The summed E-state index contributed by atoms with van der Waals surface area (Å²) in [6.45, 7) is 1.09. The summed E-state index contributed by atoms with van der Waals surface area (Å²) in [5.41, 5.74) is 6.43. The van der Waals surface area contributed by atoms with Gasteiger partial charge in [-0.2, -0.15) is 13.2 Å². The highest BCUT2D eigenvalue weighted by Crippen LogP contribution is 2.39. The molecule has 0 unspecified atom stereocenters. The van der Waals surface area contributed by atoms with Crippen molar-refractivity contribution >= 4 is 41.0 Å². The maximum Gasteiger partial charge on any atom is 0.491 e. The van der Waals surface area contributed by atoms with Crippen molar-refractivity contribution in [2.24, 2.45) is 17.6 Å². The summed E-state index contributed by atoms with van der Waals surface area (Å²) in [6, 6.07) is 1.53. The van der Waals surface area contributed by atoms with Crippen LogP contribution < -0.4 is 15.8 Å². The lowest BCUT2D eigenvalue weighted by Crippen LogP contribution is -2.44. The first-order valence-electron chi connectivity index (χ1n) is 9.56. The number of alkyl halides is 3. The predicted molar refractivity (Wildman–Crippen MR) is 106 cm³/mol. The van der Waals surface area contributed by atoms with Crippen molar-refractivity contribution in [3.05, 3.63) is 27.7 Å². The molecule has 2 aliphatic rings. The van der Waals surface area contributed by atoms with Gasteiger partial charge in [0.05, 0.1) is 16.0 Å². The Kier molecular flexibility index (Phi) is 7.02. The van der Waals surface area contributed by atoms with Crippen molar-refractivity contribution in [2.75, 3.05) is 19.6 Å². The van der Waals surface area contributed by atoms with Gasteiger partial charge in [-0.15, -0.1) is 0 Å². The zero-order valence-electron chi connectivity index (χ0n) is 16.2. The van der Waals surface area contributed by atoms with Gasteiger partial charge in [-0.05, 0) is 24.8 Å². The lowest BCUT2D eigenvalue weighted by molar-refractivity contribution is -0.189. The first kappa shape index (κ1) is 23.6. The maximum atomic E-state index is 12.6. The monoisotopic (exact) mass is 481 g/mol. The van der Waals surface area contributed by atoms with E-state index in [0.717, 1.165) is 6.07 Å². The summed E-state index contributed by atoms with van der Waals surface area (Å²) < 4.78 is 42.4. The molecule has 2 saturated heterocycles. The largest absolute Gasteiger partial charge is 0.491 e. The number of halogens is 5. The first-order chi connectivity index (χ1) is 14.5. The Labute approximate surface area is 186 Å². The van der Waals surface area contributed by atoms with Crippen LogP contribution >= 0.6 is 23.2 Å². The Morgan fingerprint density at radius 2 is 1.81 bits per heavy atom. The number of carbonyl (C=O) groups is 3. The van der Waals surface area contributed by atoms with Crippen molar-refractivity contribution in [3.8, 4) is 5.75 Å². The fraction of sp³-hybridized carbons (Fsp3) is 0.526. The first-order valence-corrected chi connectivity index (χ1v) is 10.3. The standard InChI is InChI=1S/C19H20Cl2F3N3O4/c20-12-6-11(14(7-13(12)21)31-18(30)19(22,23)24)16(25)9-1-3-27(4-2-9)17(29)10-5-15(28)26-8-10/h6-7,9-10,16H,1-5,8,25H2,(H,26,28)/t10-,16-/m1/s1. The molecule has 12 heteroatoms. The van der Waals surface area contributed by atoms with Crippen LogP contribution in [0.4, 0.5) is 13.2 Å². The quantitative estimate of drug-likeness (QED) is 0.508. The fourth-order valence-corrected chi connectivity index (χ4v) is 4.15. The van der Waals surface area contributed by atoms with Crippen LogP contribution in [0.1, 0.15) is 30.9 Å². The van der Waals surface area contributed by atoms with E-state index in [4.69, 9.17) is 28.9 Å². The van der Waals surface area contributed by atoms with E-state index in [-0.39, 0.29) is 45.7 Å². The number of hydrogen-bond acceptors (Lipinski definition) is 5. The van der Waals surface area contributed by atoms with Crippen molar-refractivity contribution in [3.63, 3.8) is 0 Å². The molecule has 170 valence electrons. The number of ether oxygens (including phenoxy) is 1. The van der Waals surface area contributed by atoms with Crippen LogP contribution in [0, 0.1) is 11.8 Å². The molecule has 2 fully saturated rings. The Bertz CT molecular complexity index is 889. The molecule has 0 spiro atoms. The maximum absolute atomic E-state index is 12.6. The molecular formula is C19H20Cl2F3N3O4. The number of carbonyl (C=O) groups excluding carboxylic acids is 3. The zero-order chi connectivity index (χ0) is 22.9. The Morgan fingerprint density at radius 1 is 1.19 bits per heavy atom. The van der Waals surface area contributed by atoms with Crippen molar-refractivity contribution in [1.82, 2.24) is 10.2 Å². The molecule has 2 atom stereocenters. The molecule has 2 aliphatic heterocycles. The van der Waals surface area contributed by atoms with E-state index in [1.165, 1.54) is 6.07 Å². The molecule has 1 aromatic rings. The average Bonchev–Trinajstić information content (AvgIpc) is 3.15. The molecule has 0 saturated carbocycles. The molecule has 3 N–H and O–H groups in total. The van der Waals surface area contributed by atoms with Crippen molar-refractivity contribution < 1.29 is 32.3 Å². The molecule has 0 bridgehead atoms. The second-order valence-corrected chi connectivity index (χ2v) is 8.40. The van der Waals surface area contributed by atoms with Gasteiger partial charge >= 0.3 is 12.1 Å². The van der Waals surface area contributed by atoms with Crippen LogP contribution in [0.5, 0.6) is 5.75 Å². The van der Waals surface area contributed by atoms with Crippen LogP contribution in [0.3, 0.4) is 0 Å². The molecule has 31 heavy (non-hydrogen) atoms. The number of hydrogen-bond donors (Lipinski definition) is 2. The molecule has 1 aromatic carbocycles. The van der Waals surface area contributed by atoms with E-state index in [1.807, 2.05) is 0 Å². The zero-order valence-corrected chi connectivity index (χ0v) is 17.7. The SMILES string of the molecule is N[C@@H](c1cc(Cl)c(Cl)cc1OC(=O)C(F)(F)F)C1CCN(C(=O)[C@H]2CNC(=O)C2)CC1. The van der Waals surface area contributed by atoms with E-state index in [2.05, 4.69) is 10.1 Å². The predicted octanol–water partition coefficient (Wildman–Crippen LogP) is 2.84. The number of likely N-dealkylation sites (tertiary alicyclic amines) is 1. The Morgan fingerprint density at radius 3 is 2.35 bits per heavy atom. The van der Waals surface area contributed by atoms with E-state index in [1.54, 1.807) is 4.90 Å². The van der Waals surface area contributed by atoms with E-state index >= 15 is 0 Å². The highest BCUT2D eigenvalue weighted by Gasteiger charge is 2.42. The summed E-state index contributed by atoms with van der Waals surface area (Å²) in [5, 5.41) is 2.61. The highest BCUT2D eigenvalue weighted by molar-refractivity contribution is 6.42. The number of nitrogens with zero attached hydrogens (tertiary/aromatic N) is 1. The molecule has 0 aliphatic carbocycles. The van der Waals surface area contributed by atoms with Gasteiger partial charge in [0.1, 0.15) is 5.75 Å². The minimum Gasteiger partial charge on any atom is -0.419 e. The average molecular weight is 482 g/mol. The van der Waals surface area contributed by atoms with E-state index < -0.39 is 23.9 Å². The second-order valence-electron chi connectivity index (χ2n) is 7.59. The van der Waals surface area contributed by atoms with Gasteiger partial charge in [-0.25, -0.2) is 4.79 Å². The normalized spacial score (nSPS) is 21.0. The highest BCUT2D eigenvalue weighted by atomic mass is 35.5. The lowest BCUT2D eigenvalue weighted by atomic mass is 9.85. The van der Waals surface area contributed by atoms with Crippen LogP contribution in [0.15, 0.2) is 12.1 Å². The summed E-state index contributed by atoms with van der Waals surface area (Å²) >= 11 is 11.9. The second kappa shape index (κ2) is 9.22. The minimum atomic E-state index is -5.18. The number of benzene rings is 1. The van der Waals surface area contributed by atoms with Gasteiger partial charge in [0.25, 0.3) is 0 Å². The number of nitrogens with one attached hydrogen (secondary N) is 1. The Hall–Kier alpha value is -2.04. The van der Waals surface area contributed by atoms with Gasteiger partial charge < -0.3 is 20.7 Å². The molecule has 0 radical (unpaired) electrons. The topological polar surface area (TPSA) is 102 Å². The van der Waals surface area contributed by atoms with Crippen molar-refractivity contribution in [1.29, 1.82) is 0 Å². The third-order valence-corrected chi connectivity index (χ3v) is 6.25. The molecule has 2 amide bonds. The summed E-state index contributed by atoms with van der Waals surface area (Å²) in [7, 11) is 0. The van der Waals surface area contributed by atoms with Crippen LogP contribution in [-0.4, -0.2) is 48.5 Å². The number of rotatable bonds is 4. The van der Waals surface area contributed by atoms with Gasteiger partial charge in [0, 0.05) is 43.7 Å². The van der Waals surface area contributed by atoms with Gasteiger partial charge in [-0.3, -0.25) is 9.59 Å². The fourth-order valence-electron chi connectivity index (χ4n) is 3.82. The van der Waals surface area contributed by atoms with Gasteiger partial charge in [-0.1, -0.05) is 23.2 Å². The Balaban J connectivity index is 1.71. The molecule has 3 rings (SSSR count). The summed E-state index contributed by atoms with van der Waals surface area (Å²) in [5.74, 6) is -3.65. The number of amides is 2. The lowest BCUT2D eigenvalue weighted by Gasteiger charge is -2.36. The molecule has 0 aromatic heterocycles. The molecule has 2 heterocycles. The summed E-state index contributed by atoms with van der Waals surface area (Å²) in [6.07, 6.45) is -4.06. The molecular weight excluding hydrogens is 462 g/mol. The summed E-state index contributed by atoms with van der Waals surface area (Å²) in [4.78, 5) is 36.9.